The lowest BCUT2D eigenvalue weighted by molar-refractivity contribution is 0.0595. The zero-order chi connectivity index (χ0) is 16.7. The van der Waals surface area contributed by atoms with Crippen LogP contribution in [-0.4, -0.2) is 71.5 Å². The molecular formula is C19H38N2O2. The highest BCUT2D eigenvalue weighted by atomic mass is 16.3. The molecule has 2 aliphatic heterocycles. The van der Waals surface area contributed by atoms with Gasteiger partial charge in [-0.25, -0.2) is 0 Å². The minimum atomic E-state index is -0.154. The maximum atomic E-state index is 9.76. The fraction of sp³-hybridized carbons (Fsp3) is 1.00. The number of piperidine rings is 2. The molecule has 4 heteroatoms. The van der Waals surface area contributed by atoms with E-state index in [1.165, 1.54) is 71.1 Å². The van der Waals surface area contributed by atoms with E-state index in [-0.39, 0.29) is 12.2 Å². The predicted molar refractivity (Wildman–Crippen MR) is 95.5 cm³/mol. The van der Waals surface area contributed by atoms with Gasteiger partial charge >= 0.3 is 0 Å². The Morgan fingerprint density at radius 2 is 1.22 bits per heavy atom. The Morgan fingerprint density at radius 3 is 1.61 bits per heavy atom. The standard InChI is InChI=1S/C19H38N2O2/c1-16(22)18-8-6-12-20(14-18)10-4-3-5-11-21-13-7-9-19(15-21)17(2)23/h16-19,22-23H,3-15H2,1-2H3. The van der Waals surface area contributed by atoms with Crippen molar-refractivity contribution < 1.29 is 10.2 Å². The van der Waals surface area contributed by atoms with E-state index < -0.39 is 0 Å². The number of hydrogen-bond acceptors (Lipinski definition) is 4. The highest BCUT2D eigenvalue weighted by Crippen LogP contribution is 2.21. The second kappa shape index (κ2) is 9.97. The van der Waals surface area contributed by atoms with Crippen molar-refractivity contribution in [2.24, 2.45) is 11.8 Å². The van der Waals surface area contributed by atoms with Crippen LogP contribution in [-0.2, 0) is 0 Å². The Balaban J connectivity index is 1.54. The third kappa shape index (κ3) is 6.69. The summed E-state index contributed by atoms with van der Waals surface area (Å²) in [4.78, 5) is 5.09. The van der Waals surface area contributed by atoms with Gasteiger partial charge in [0.1, 0.15) is 0 Å². The van der Waals surface area contributed by atoms with Gasteiger partial charge in [-0.05, 0) is 90.4 Å². The summed E-state index contributed by atoms with van der Waals surface area (Å²) in [7, 11) is 0. The van der Waals surface area contributed by atoms with Crippen molar-refractivity contribution >= 4 is 0 Å². The molecule has 0 amide bonds. The van der Waals surface area contributed by atoms with Crippen molar-refractivity contribution in [2.75, 3.05) is 39.3 Å². The van der Waals surface area contributed by atoms with Crippen molar-refractivity contribution in [1.82, 2.24) is 9.80 Å². The van der Waals surface area contributed by atoms with Crippen LogP contribution in [0.2, 0.25) is 0 Å². The first-order chi connectivity index (χ1) is 11.1. The van der Waals surface area contributed by atoms with Crippen LogP contribution >= 0.6 is 0 Å². The van der Waals surface area contributed by atoms with Gasteiger partial charge in [-0.2, -0.15) is 0 Å². The van der Waals surface area contributed by atoms with Gasteiger partial charge in [-0.15, -0.1) is 0 Å². The molecule has 2 saturated heterocycles. The smallest absolute Gasteiger partial charge is 0.0552 e. The van der Waals surface area contributed by atoms with Crippen LogP contribution in [0.1, 0.15) is 58.8 Å². The fourth-order valence-corrected chi connectivity index (χ4v) is 4.22. The first kappa shape index (κ1) is 19.2. The average molecular weight is 327 g/mol. The molecule has 0 radical (unpaired) electrons. The maximum Gasteiger partial charge on any atom is 0.0552 e. The van der Waals surface area contributed by atoms with Gasteiger partial charge < -0.3 is 20.0 Å². The molecule has 4 unspecified atom stereocenters. The van der Waals surface area contributed by atoms with Gasteiger partial charge in [0.2, 0.25) is 0 Å². The number of rotatable bonds is 8. The Kier molecular flexibility index (Phi) is 8.31. The van der Waals surface area contributed by atoms with Crippen LogP contribution in [0, 0.1) is 11.8 Å². The van der Waals surface area contributed by atoms with Crippen LogP contribution in [0.25, 0.3) is 0 Å². The van der Waals surface area contributed by atoms with Gasteiger partial charge in [0.15, 0.2) is 0 Å². The molecule has 0 saturated carbocycles. The summed E-state index contributed by atoms with van der Waals surface area (Å²) in [5.74, 6) is 0.962. The Labute approximate surface area is 142 Å². The van der Waals surface area contributed by atoms with Gasteiger partial charge in [-0.1, -0.05) is 6.42 Å². The summed E-state index contributed by atoms with van der Waals surface area (Å²) in [5, 5.41) is 19.5. The summed E-state index contributed by atoms with van der Waals surface area (Å²) in [6.45, 7) is 10.9. The zero-order valence-electron chi connectivity index (χ0n) is 15.3. The lowest BCUT2D eigenvalue weighted by Gasteiger charge is -2.35. The molecule has 2 fully saturated rings. The Morgan fingerprint density at radius 1 is 0.783 bits per heavy atom. The van der Waals surface area contributed by atoms with E-state index in [4.69, 9.17) is 0 Å². The molecule has 0 bridgehead atoms. The molecule has 136 valence electrons. The van der Waals surface area contributed by atoms with E-state index in [1.54, 1.807) is 0 Å². The molecule has 2 rings (SSSR count). The van der Waals surface area contributed by atoms with Gasteiger partial charge in [0, 0.05) is 13.1 Å². The molecule has 0 aromatic heterocycles. The molecular weight excluding hydrogens is 288 g/mol. The number of aliphatic hydroxyl groups is 2. The van der Waals surface area contributed by atoms with Gasteiger partial charge in [0.05, 0.1) is 12.2 Å². The van der Waals surface area contributed by atoms with Crippen LogP contribution in [0.5, 0.6) is 0 Å². The number of aliphatic hydroxyl groups excluding tert-OH is 2. The van der Waals surface area contributed by atoms with Gasteiger partial charge in [-0.3, -0.25) is 0 Å². The van der Waals surface area contributed by atoms with Crippen molar-refractivity contribution in [1.29, 1.82) is 0 Å². The largest absolute Gasteiger partial charge is 0.393 e. The molecule has 0 aliphatic carbocycles. The fourth-order valence-electron chi connectivity index (χ4n) is 4.22. The van der Waals surface area contributed by atoms with Crippen molar-refractivity contribution in [3.05, 3.63) is 0 Å². The summed E-state index contributed by atoms with van der Waals surface area (Å²) < 4.78 is 0. The van der Waals surface area contributed by atoms with E-state index in [0.29, 0.717) is 11.8 Å². The average Bonchev–Trinajstić information content (AvgIpc) is 2.55. The Hall–Kier alpha value is -0.160. The predicted octanol–water partition coefficient (Wildman–Crippen LogP) is 2.34. The number of nitrogens with zero attached hydrogens (tertiary/aromatic N) is 2. The molecule has 0 spiro atoms. The third-order valence-electron chi connectivity index (χ3n) is 5.90. The number of likely N-dealkylation sites (tertiary alicyclic amines) is 2. The highest BCUT2D eigenvalue weighted by Gasteiger charge is 2.24. The van der Waals surface area contributed by atoms with Crippen LogP contribution < -0.4 is 0 Å². The second-order valence-corrected chi connectivity index (χ2v) is 7.95. The van der Waals surface area contributed by atoms with Crippen LogP contribution in [0.15, 0.2) is 0 Å². The Bertz CT molecular complexity index is 292. The number of hydrogen-bond donors (Lipinski definition) is 2. The van der Waals surface area contributed by atoms with Crippen LogP contribution in [0.4, 0.5) is 0 Å². The van der Waals surface area contributed by atoms with E-state index in [0.717, 1.165) is 13.1 Å². The lowest BCUT2D eigenvalue weighted by Crippen LogP contribution is -2.40. The summed E-state index contributed by atoms with van der Waals surface area (Å²) in [6.07, 6.45) is 8.40. The monoisotopic (exact) mass is 326 g/mol. The van der Waals surface area contributed by atoms with E-state index in [9.17, 15) is 10.2 Å². The quantitative estimate of drug-likeness (QED) is 0.672. The second-order valence-electron chi connectivity index (χ2n) is 7.95. The van der Waals surface area contributed by atoms with E-state index in [2.05, 4.69) is 9.80 Å². The third-order valence-corrected chi connectivity index (χ3v) is 5.90. The molecule has 4 atom stereocenters. The first-order valence-electron chi connectivity index (χ1n) is 9.87. The first-order valence-corrected chi connectivity index (χ1v) is 9.87. The molecule has 0 aromatic carbocycles. The summed E-state index contributed by atoms with van der Waals surface area (Å²) in [5.41, 5.74) is 0. The van der Waals surface area contributed by atoms with Gasteiger partial charge in [0.25, 0.3) is 0 Å². The van der Waals surface area contributed by atoms with Crippen molar-refractivity contribution in [3.8, 4) is 0 Å². The summed E-state index contributed by atoms with van der Waals surface area (Å²) >= 11 is 0. The summed E-state index contributed by atoms with van der Waals surface area (Å²) in [6, 6.07) is 0. The van der Waals surface area contributed by atoms with Crippen molar-refractivity contribution in [3.63, 3.8) is 0 Å². The SMILES string of the molecule is CC(O)C1CCCN(CCCCCN2CCCC(C(C)O)C2)C1. The molecule has 23 heavy (non-hydrogen) atoms. The normalized spacial score (nSPS) is 30.3. The van der Waals surface area contributed by atoms with E-state index in [1.807, 2.05) is 13.8 Å². The molecule has 2 N–H and O–H groups in total. The maximum absolute atomic E-state index is 9.76. The minimum Gasteiger partial charge on any atom is -0.393 e. The van der Waals surface area contributed by atoms with E-state index >= 15 is 0 Å². The molecule has 0 aromatic rings. The molecule has 2 heterocycles. The lowest BCUT2D eigenvalue weighted by atomic mass is 9.93. The van der Waals surface area contributed by atoms with Crippen molar-refractivity contribution in [2.45, 2.75) is 71.0 Å². The molecule has 4 nitrogen and oxygen atoms in total. The molecule has 2 aliphatic rings. The number of unbranched alkanes of at least 4 members (excludes halogenated alkanes) is 2. The zero-order valence-corrected chi connectivity index (χ0v) is 15.3. The topological polar surface area (TPSA) is 46.9 Å². The minimum absolute atomic E-state index is 0.154. The van der Waals surface area contributed by atoms with Crippen LogP contribution in [0.3, 0.4) is 0 Å². The highest BCUT2D eigenvalue weighted by molar-refractivity contribution is 4.77.